The number of carbonyl (C=O) groups is 2. The molecule has 0 aliphatic rings. The molecule has 1 N–H and O–H groups in total. The molecular formula is C12H11NO2S2. The Morgan fingerprint density at radius 3 is 2.65 bits per heavy atom. The molecule has 5 heteroatoms. The second-order valence-electron chi connectivity index (χ2n) is 3.49. The van der Waals surface area contributed by atoms with Gasteiger partial charge in [-0.2, -0.15) is 0 Å². The van der Waals surface area contributed by atoms with Gasteiger partial charge in [-0.15, -0.1) is 22.7 Å². The Hall–Kier alpha value is -1.46. The smallest absolute Gasteiger partial charge is 0.261 e. The second-order valence-corrected chi connectivity index (χ2v) is 5.73. The van der Waals surface area contributed by atoms with Crippen LogP contribution in [0.15, 0.2) is 29.6 Å². The zero-order valence-corrected chi connectivity index (χ0v) is 10.9. The van der Waals surface area contributed by atoms with Crippen molar-refractivity contribution in [3.63, 3.8) is 0 Å². The Bertz CT molecular complexity index is 528. The van der Waals surface area contributed by atoms with Crippen LogP contribution in [0, 0.1) is 6.92 Å². The number of aryl methyl sites for hydroxylation is 1. The summed E-state index contributed by atoms with van der Waals surface area (Å²) >= 11 is 2.81. The Morgan fingerprint density at radius 1 is 1.24 bits per heavy atom. The van der Waals surface area contributed by atoms with E-state index in [0.717, 1.165) is 4.88 Å². The van der Waals surface area contributed by atoms with E-state index in [1.165, 1.54) is 22.7 Å². The molecule has 2 rings (SSSR count). The molecule has 3 nitrogen and oxygen atoms in total. The lowest BCUT2D eigenvalue weighted by Crippen LogP contribution is -2.28. The fourth-order valence-electron chi connectivity index (χ4n) is 1.33. The number of rotatable bonds is 4. The molecular weight excluding hydrogens is 254 g/mol. The molecule has 0 unspecified atom stereocenters. The van der Waals surface area contributed by atoms with E-state index >= 15 is 0 Å². The maximum atomic E-state index is 11.7. The molecule has 0 radical (unpaired) electrons. The van der Waals surface area contributed by atoms with Crippen molar-refractivity contribution in [1.82, 2.24) is 5.32 Å². The van der Waals surface area contributed by atoms with Crippen molar-refractivity contribution < 1.29 is 9.59 Å². The van der Waals surface area contributed by atoms with Crippen molar-refractivity contribution in [3.8, 4) is 0 Å². The van der Waals surface area contributed by atoms with Crippen LogP contribution < -0.4 is 5.32 Å². The molecule has 0 atom stereocenters. The van der Waals surface area contributed by atoms with Crippen LogP contribution in [-0.2, 0) is 0 Å². The Morgan fingerprint density at radius 2 is 2.06 bits per heavy atom. The molecule has 0 fully saturated rings. The van der Waals surface area contributed by atoms with E-state index in [0.29, 0.717) is 9.75 Å². The summed E-state index contributed by atoms with van der Waals surface area (Å²) in [6.45, 7) is 1.99. The minimum atomic E-state index is -0.187. The molecule has 2 aromatic heterocycles. The van der Waals surface area contributed by atoms with E-state index < -0.39 is 0 Å². The maximum Gasteiger partial charge on any atom is 0.261 e. The van der Waals surface area contributed by atoms with Crippen LogP contribution in [0.1, 0.15) is 24.2 Å². The zero-order chi connectivity index (χ0) is 12.3. The van der Waals surface area contributed by atoms with Gasteiger partial charge < -0.3 is 5.32 Å². The molecule has 2 heterocycles. The van der Waals surface area contributed by atoms with Crippen LogP contribution in [0.25, 0.3) is 0 Å². The first-order chi connectivity index (χ1) is 8.16. The summed E-state index contributed by atoms with van der Waals surface area (Å²) < 4.78 is 0. The molecule has 17 heavy (non-hydrogen) atoms. The van der Waals surface area contributed by atoms with E-state index in [1.807, 2.05) is 24.4 Å². The molecule has 2 aromatic rings. The number of hydrogen-bond donors (Lipinski definition) is 1. The van der Waals surface area contributed by atoms with Gasteiger partial charge in [-0.25, -0.2) is 0 Å². The molecule has 0 aliphatic carbocycles. The normalized spacial score (nSPS) is 10.2. The van der Waals surface area contributed by atoms with Gasteiger partial charge >= 0.3 is 0 Å². The average Bonchev–Trinajstić information content (AvgIpc) is 2.95. The lowest BCUT2D eigenvalue weighted by Gasteiger charge is -2.01. The minimum Gasteiger partial charge on any atom is -0.344 e. The summed E-state index contributed by atoms with van der Waals surface area (Å²) in [5, 5.41) is 4.47. The SMILES string of the molecule is Cc1ccc(C(=O)NCC(=O)c2cccs2)s1. The monoisotopic (exact) mass is 265 g/mol. The van der Waals surface area contributed by atoms with E-state index in [-0.39, 0.29) is 18.2 Å². The summed E-state index contributed by atoms with van der Waals surface area (Å²) in [4.78, 5) is 25.7. The van der Waals surface area contributed by atoms with Crippen molar-refractivity contribution >= 4 is 34.4 Å². The number of ketones is 1. The lowest BCUT2D eigenvalue weighted by atomic mass is 10.3. The van der Waals surface area contributed by atoms with Crippen molar-refractivity contribution in [3.05, 3.63) is 44.3 Å². The van der Waals surface area contributed by atoms with Crippen molar-refractivity contribution in [2.75, 3.05) is 6.54 Å². The average molecular weight is 265 g/mol. The number of Topliss-reactive ketones (excluding diaryl/α,β-unsaturated/α-hetero) is 1. The zero-order valence-electron chi connectivity index (χ0n) is 9.23. The largest absolute Gasteiger partial charge is 0.344 e. The lowest BCUT2D eigenvalue weighted by molar-refractivity contribution is 0.0908. The van der Waals surface area contributed by atoms with Gasteiger partial charge in [-0.1, -0.05) is 6.07 Å². The van der Waals surface area contributed by atoms with E-state index in [1.54, 1.807) is 12.1 Å². The van der Waals surface area contributed by atoms with Gasteiger partial charge in [-0.05, 0) is 30.5 Å². The highest BCUT2D eigenvalue weighted by molar-refractivity contribution is 7.14. The van der Waals surface area contributed by atoms with Crippen LogP contribution in [0.3, 0.4) is 0 Å². The summed E-state index contributed by atoms with van der Waals surface area (Å²) in [5.74, 6) is -0.241. The molecule has 0 aliphatic heterocycles. The maximum absolute atomic E-state index is 11.7. The first-order valence-electron chi connectivity index (χ1n) is 5.08. The van der Waals surface area contributed by atoms with Crippen LogP contribution in [0.4, 0.5) is 0 Å². The van der Waals surface area contributed by atoms with Crippen molar-refractivity contribution in [2.24, 2.45) is 0 Å². The van der Waals surface area contributed by atoms with Gasteiger partial charge in [0.2, 0.25) is 0 Å². The second kappa shape index (κ2) is 5.25. The fraction of sp³-hybridized carbons (Fsp3) is 0.167. The molecule has 0 aromatic carbocycles. The summed E-state index contributed by atoms with van der Waals surface area (Å²) in [6.07, 6.45) is 0. The third kappa shape index (κ3) is 3.01. The fourth-order valence-corrected chi connectivity index (χ4v) is 2.78. The molecule has 0 bridgehead atoms. The Labute approximate surface area is 107 Å². The Kier molecular flexibility index (Phi) is 3.71. The van der Waals surface area contributed by atoms with Gasteiger partial charge in [0.1, 0.15) is 0 Å². The van der Waals surface area contributed by atoms with Crippen molar-refractivity contribution in [2.45, 2.75) is 6.92 Å². The van der Waals surface area contributed by atoms with E-state index in [4.69, 9.17) is 0 Å². The predicted octanol–water partition coefficient (Wildman–Crippen LogP) is 2.73. The number of carbonyl (C=O) groups excluding carboxylic acids is 2. The van der Waals surface area contributed by atoms with Crippen LogP contribution >= 0.6 is 22.7 Å². The quantitative estimate of drug-likeness (QED) is 0.864. The molecule has 1 amide bonds. The van der Waals surface area contributed by atoms with Crippen LogP contribution in [0.2, 0.25) is 0 Å². The van der Waals surface area contributed by atoms with Gasteiger partial charge in [-0.3, -0.25) is 9.59 Å². The van der Waals surface area contributed by atoms with Crippen LogP contribution in [0.5, 0.6) is 0 Å². The highest BCUT2D eigenvalue weighted by Gasteiger charge is 2.11. The van der Waals surface area contributed by atoms with E-state index in [2.05, 4.69) is 5.32 Å². The third-order valence-corrected chi connectivity index (χ3v) is 4.08. The number of hydrogen-bond acceptors (Lipinski definition) is 4. The van der Waals surface area contributed by atoms with E-state index in [9.17, 15) is 9.59 Å². The number of thiophene rings is 2. The molecule has 88 valence electrons. The Balaban J connectivity index is 1.91. The van der Waals surface area contributed by atoms with Gasteiger partial charge in [0.25, 0.3) is 5.91 Å². The predicted molar refractivity (Wildman–Crippen MR) is 70.0 cm³/mol. The summed E-state index contributed by atoms with van der Waals surface area (Å²) in [5.41, 5.74) is 0. The highest BCUT2D eigenvalue weighted by atomic mass is 32.1. The van der Waals surface area contributed by atoms with Gasteiger partial charge in [0.15, 0.2) is 5.78 Å². The van der Waals surface area contributed by atoms with Crippen molar-refractivity contribution in [1.29, 1.82) is 0 Å². The first kappa shape index (κ1) is 12.0. The molecule has 0 spiro atoms. The number of amides is 1. The number of nitrogens with one attached hydrogen (secondary N) is 1. The topological polar surface area (TPSA) is 46.2 Å². The van der Waals surface area contributed by atoms with Gasteiger partial charge in [0, 0.05) is 4.88 Å². The minimum absolute atomic E-state index is 0.0519. The summed E-state index contributed by atoms with van der Waals surface area (Å²) in [6, 6.07) is 7.24. The molecule has 0 saturated carbocycles. The first-order valence-corrected chi connectivity index (χ1v) is 6.78. The third-order valence-electron chi connectivity index (χ3n) is 2.17. The van der Waals surface area contributed by atoms with Crippen LogP contribution in [-0.4, -0.2) is 18.2 Å². The van der Waals surface area contributed by atoms with Gasteiger partial charge in [0.05, 0.1) is 16.3 Å². The highest BCUT2D eigenvalue weighted by Crippen LogP contribution is 2.14. The molecule has 0 saturated heterocycles. The standard InChI is InChI=1S/C12H11NO2S2/c1-8-4-5-11(17-8)12(15)13-7-9(14)10-3-2-6-16-10/h2-6H,7H2,1H3,(H,13,15). The summed E-state index contributed by atoms with van der Waals surface area (Å²) in [7, 11) is 0.